The Morgan fingerprint density at radius 1 is 0.793 bits per heavy atom. The van der Waals surface area contributed by atoms with Gasteiger partial charge in [-0.25, -0.2) is 4.79 Å². The van der Waals surface area contributed by atoms with Crippen molar-refractivity contribution in [2.75, 3.05) is 0 Å². The molecule has 0 fully saturated rings. The van der Waals surface area contributed by atoms with Gasteiger partial charge in [0.05, 0.1) is 0 Å². The number of allylic oxidation sites excluding steroid dienone is 1. The van der Waals surface area contributed by atoms with Crippen molar-refractivity contribution in [1.82, 2.24) is 0 Å². The molecule has 4 nitrogen and oxygen atoms in total. The van der Waals surface area contributed by atoms with Crippen LogP contribution in [0.2, 0.25) is 0 Å². The lowest BCUT2D eigenvalue weighted by molar-refractivity contribution is 0.152. The third kappa shape index (κ3) is 4.85. The molecule has 0 heterocycles. The number of carbonyl (C=O) groups excluding carboxylic acids is 1. The van der Waals surface area contributed by atoms with Crippen LogP contribution >= 0.6 is 0 Å². The van der Waals surface area contributed by atoms with Crippen LogP contribution in [-0.2, 0) is 5.41 Å². The maximum atomic E-state index is 12.1. The normalized spacial score (nSPS) is 11.0. The molecule has 29 heavy (non-hydrogen) atoms. The largest absolute Gasteiger partial charge is 0.519 e. The summed E-state index contributed by atoms with van der Waals surface area (Å²) in [6, 6.07) is 21.5. The van der Waals surface area contributed by atoms with Crippen LogP contribution in [0.3, 0.4) is 0 Å². The molecule has 148 valence electrons. The van der Waals surface area contributed by atoms with Gasteiger partial charge in [-0.15, -0.1) is 0 Å². The van der Waals surface area contributed by atoms with E-state index in [1.54, 1.807) is 36.4 Å². The van der Waals surface area contributed by atoms with Crippen molar-refractivity contribution < 1.29 is 19.4 Å². The van der Waals surface area contributed by atoms with E-state index in [0.717, 1.165) is 22.3 Å². The molecule has 3 rings (SSSR count). The Kier molecular flexibility index (Phi) is 5.74. The fourth-order valence-electron chi connectivity index (χ4n) is 3.01. The zero-order valence-electron chi connectivity index (χ0n) is 16.8. The lowest BCUT2D eigenvalue weighted by Crippen LogP contribution is -2.19. The minimum Gasteiger partial charge on any atom is -0.508 e. The number of hydrogen-bond acceptors (Lipinski definition) is 4. The van der Waals surface area contributed by atoms with Crippen molar-refractivity contribution in [2.45, 2.75) is 26.2 Å². The maximum Gasteiger partial charge on any atom is 0.519 e. The van der Waals surface area contributed by atoms with Crippen molar-refractivity contribution in [3.05, 3.63) is 96.1 Å². The predicted octanol–water partition coefficient (Wildman–Crippen LogP) is 6.33. The Morgan fingerprint density at radius 3 is 1.66 bits per heavy atom. The zero-order valence-corrected chi connectivity index (χ0v) is 16.8. The quantitative estimate of drug-likeness (QED) is 0.410. The van der Waals surface area contributed by atoms with E-state index in [9.17, 15) is 9.90 Å². The van der Waals surface area contributed by atoms with Gasteiger partial charge in [0.1, 0.15) is 17.2 Å². The zero-order chi connectivity index (χ0) is 21.0. The molecule has 0 aliphatic carbocycles. The molecule has 0 saturated heterocycles. The second-order valence-electron chi connectivity index (χ2n) is 7.46. The molecule has 0 aromatic heterocycles. The molecule has 0 atom stereocenters. The van der Waals surface area contributed by atoms with E-state index < -0.39 is 6.16 Å². The molecule has 0 unspecified atom stereocenters. The first-order chi connectivity index (χ1) is 13.8. The summed E-state index contributed by atoms with van der Waals surface area (Å²) in [7, 11) is 0. The van der Waals surface area contributed by atoms with Crippen LogP contribution in [0.15, 0.2) is 79.4 Å². The Balaban J connectivity index is 1.66. The van der Waals surface area contributed by atoms with E-state index in [-0.39, 0.29) is 11.2 Å². The highest BCUT2D eigenvalue weighted by atomic mass is 16.7. The second-order valence-corrected chi connectivity index (χ2v) is 7.46. The Bertz CT molecular complexity index is 998. The number of carbonyl (C=O) groups is 1. The van der Waals surface area contributed by atoms with Crippen LogP contribution in [0.1, 0.15) is 37.5 Å². The third-order valence-corrected chi connectivity index (χ3v) is 4.91. The van der Waals surface area contributed by atoms with Gasteiger partial charge in [0, 0.05) is 5.41 Å². The van der Waals surface area contributed by atoms with E-state index in [1.165, 1.54) is 0 Å². The molecule has 3 aromatic rings. The first-order valence-electron chi connectivity index (χ1n) is 9.31. The highest BCUT2D eigenvalue weighted by molar-refractivity contribution is 5.68. The summed E-state index contributed by atoms with van der Waals surface area (Å²) in [4.78, 5) is 12.1. The van der Waals surface area contributed by atoms with Crippen molar-refractivity contribution in [1.29, 1.82) is 0 Å². The van der Waals surface area contributed by atoms with Crippen molar-refractivity contribution in [2.24, 2.45) is 0 Å². The van der Waals surface area contributed by atoms with Crippen LogP contribution < -0.4 is 9.47 Å². The standard InChI is InChI=1S/C25H24O4/c1-17(2)18-5-13-22(14-6-18)28-24(27)29-23-15-9-20(10-16-23)25(3,4)19-7-11-21(26)12-8-19/h5-16,26H,1H2,2-4H3. The molecular formula is C25H24O4. The van der Waals surface area contributed by atoms with Gasteiger partial charge in [0.15, 0.2) is 0 Å². The van der Waals surface area contributed by atoms with Gasteiger partial charge < -0.3 is 14.6 Å². The highest BCUT2D eigenvalue weighted by Crippen LogP contribution is 2.33. The van der Waals surface area contributed by atoms with Gasteiger partial charge >= 0.3 is 6.16 Å². The third-order valence-electron chi connectivity index (χ3n) is 4.91. The number of phenols is 1. The van der Waals surface area contributed by atoms with Gasteiger partial charge in [0.25, 0.3) is 0 Å². The van der Waals surface area contributed by atoms with Gasteiger partial charge in [-0.3, -0.25) is 0 Å². The summed E-state index contributed by atoms with van der Waals surface area (Å²) in [5.41, 5.74) is 3.78. The lowest BCUT2D eigenvalue weighted by Gasteiger charge is -2.26. The number of aromatic hydroxyl groups is 1. The Labute approximate surface area is 171 Å². The number of hydrogen-bond donors (Lipinski definition) is 1. The maximum absolute atomic E-state index is 12.1. The van der Waals surface area contributed by atoms with Gasteiger partial charge in [-0.2, -0.15) is 0 Å². The summed E-state index contributed by atoms with van der Waals surface area (Å²) in [6.45, 7) is 9.98. The summed E-state index contributed by atoms with van der Waals surface area (Å²) < 4.78 is 10.5. The van der Waals surface area contributed by atoms with Gasteiger partial charge in [0.2, 0.25) is 0 Å². The first-order valence-corrected chi connectivity index (χ1v) is 9.31. The predicted molar refractivity (Wildman–Crippen MR) is 114 cm³/mol. The van der Waals surface area contributed by atoms with Crippen LogP contribution in [0, 0.1) is 0 Å². The minimum atomic E-state index is -0.793. The summed E-state index contributed by atoms with van der Waals surface area (Å²) in [5, 5.41) is 9.49. The number of benzene rings is 3. The topological polar surface area (TPSA) is 55.8 Å². The van der Waals surface area contributed by atoms with E-state index >= 15 is 0 Å². The number of phenolic OH excluding ortho intramolecular Hbond substituents is 1. The average molecular weight is 388 g/mol. The van der Waals surface area contributed by atoms with E-state index in [2.05, 4.69) is 20.4 Å². The SMILES string of the molecule is C=C(C)c1ccc(OC(=O)Oc2ccc(C(C)(C)c3ccc(O)cc3)cc2)cc1. The van der Waals surface area contributed by atoms with E-state index in [4.69, 9.17) is 9.47 Å². The minimum absolute atomic E-state index is 0.237. The first kappa shape index (κ1) is 20.2. The van der Waals surface area contributed by atoms with Crippen molar-refractivity contribution >= 4 is 11.7 Å². The van der Waals surface area contributed by atoms with Gasteiger partial charge in [-0.1, -0.05) is 62.4 Å². The van der Waals surface area contributed by atoms with Crippen molar-refractivity contribution in [3.8, 4) is 17.2 Å². The Hall–Kier alpha value is -3.53. The second kappa shape index (κ2) is 8.23. The van der Waals surface area contributed by atoms with Crippen LogP contribution in [0.4, 0.5) is 4.79 Å². The Morgan fingerprint density at radius 2 is 1.21 bits per heavy atom. The molecule has 0 bridgehead atoms. The fourth-order valence-corrected chi connectivity index (χ4v) is 3.01. The molecular weight excluding hydrogens is 364 g/mol. The molecule has 0 amide bonds. The fraction of sp³-hybridized carbons (Fsp3) is 0.160. The molecule has 0 saturated carbocycles. The lowest BCUT2D eigenvalue weighted by atomic mass is 9.78. The van der Waals surface area contributed by atoms with Crippen LogP contribution in [-0.4, -0.2) is 11.3 Å². The summed E-state index contributed by atoms with van der Waals surface area (Å²) >= 11 is 0. The molecule has 0 radical (unpaired) electrons. The molecule has 0 spiro atoms. The van der Waals surface area contributed by atoms with E-state index in [0.29, 0.717) is 11.5 Å². The van der Waals surface area contributed by atoms with Crippen LogP contribution in [0.25, 0.3) is 5.57 Å². The number of rotatable bonds is 5. The van der Waals surface area contributed by atoms with Gasteiger partial charge in [-0.05, 0) is 60.0 Å². The number of ether oxygens (including phenoxy) is 2. The molecule has 3 aromatic carbocycles. The summed E-state index contributed by atoms with van der Waals surface area (Å²) in [5.74, 6) is 1.05. The highest BCUT2D eigenvalue weighted by Gasteiger charge is 2.23. The molecule has 0 aliphatic heterocycles. The smallest absolute Gasteiger partial charge is 0.508 e. The van der Waals surface area contributed by atoms with E-state index in [1.807, 2.05) is 43.3 Å². The van der Waals surface area contributed by atoms with Crippen LogP contribution in [0.5, 0.6) is 17.2 Å². The monoisotopic (exact) mass is 388 g/mol. The molecule has 4 heteroatoms. The average Bonchev–Trinajstić information content (AvgIpc) is 2.69. The van der Waals surface area contributed by atoms with Crippen molar-refractivity contribution in [3.63, 3.8) is 0 Å². The molecule has 1 N–H and O–H groups in total. The molecule has 0 aliphatic rings. The summed E-state index contributed by atoms with van der Waals surface area (Å²) in [6.07, 6.45) is -0.793.